The number of carbonyl (C=O) groups is 1. The number of aromatic nitrogens is 2. The van der Waals surface area contributed by atoms with Gasteiger partial charge in [-0.2, -0.15) is 4.31 Å². The second-order valence-corrected chi connectivity index (χ2v) is 11.1. The number of nitrogens with zero attached hydrogens (tertiary/aromatic N) is 4. The van der Waals surface area contributed by atoms with Crippen LogP contribution in [0.5, 0.6) is 0 Å². The largest absolute Gasteiger partial charge is 0.384 e. The number of nitrogens with two attached hydrogens (primary N) is 1. The molecule has 3 heterocycles. The highest BCUT2D eigenvalue weighted by atomic mass is 32.2. The highest BCUT2D eigenvalue weighted by molar-refractivity contribution is 7.91. The van der Waals surface area contributed by atoms with E-state index in [9.17, 15) is 22.8 Å². The molecule has 1 saturated heterocycles. The highest BCUT2D eigenvalue weighted by Crippen LogP contribution is 2.22. The number of carbonyl (C=O) groups excluding carboxylic acids is 1. The standard InChI is InChI=1S/C22H25N5O5S2/c1-24-21(29)19(20(23)27(22(24)30)14-16-6-3-2-4-7-16)17(28)15-25-9-11-26(12-10-25)34(31,32)18-8-5-13-33-18/h2-8,13H,9-12,14-15,23H2,1H3. The summed E-state index contributed by atoms with van der Waals surface area (Å²) in [6, 6.07) is 12.4. The van der Waals surface area contributed by atoms with Crippen LogP contribution in [-0.4, -0.2) is 65.3 Å². The third-order valence-electron chi connectivity index (χ3n) is 5.83. The fourth-order valence-electron chi connectivity index (χ4n) is 3.91. The van der Waals surface area contributed by atoms with E-state index in [1.54, 1.807) is 22.4 Å². The van der Waals surface area contributed by atoms with Crippen molar-refractivity contribution in [1.82, 2.24) is 18.3 Å². The van der Waals surface area contributed by atoms with Gasteiger partial charge in [0.25, 0.3) is 15.6 Å². The van der Waals surface area contributed by atoms with Gasteiger partial charge in [-0.1, -0.05) is 36.4 Å². The quantitative estimate of drug-likeness (QED) is 0.463. The molecule has 1 fully saturated rings. The van der Waals surface area contributed by atoms with Gasteiger partial charge in [0, 0.05) is 33.2 Å². The van der Waals surface area contributed by atoms with Crippen molar-refractivity contribution in [2.75, 3.05) is 38.5 Å². The topological polar surface area (TPSA) is 128 Å². The van der Waals surface area contributed by atoms with E-state index in [0.717, 1.165) is 21.5 Å². The summed E-state index contributed by atoms with van der Waals surface area (Å²) in [6.07, 6.45) is 0. The first-order valence-corrected chi connectivity index (χ1v) is 12.9. The number of rotatable bonds is 7. The van der Waals surface area contributed by atoms with Gasteiger partial charge in [0.15, 0.2) is 5.78 Å². The molecule has 0 aliphatic carbocycles. The zero-order valence-corrected chi connectivity index (χ0v) is 20.2. The van der Waals surface area contributed by atoms with Gasteiger partial charge in [-0.3, -0.25) is 23.6 Å². The summed E-state index contributed by atoms with van der Waals surface area (Å²) in [5, 5.41) is 1.71. The number of Topliss-reactive ketones (excluding diaryl/α,β-unsaturated/α-hetero) is 1. The number of anilines is 1. The van der Waals surface area contributed by atoms with Crippen molar-refractivity contribution in [2.24, 2.45) is 7.05 Å². The number of piperazine rings is 1. The number of hydrogen-bond acceptors (Lipinski definition) is 8. The lowest BCUT2D eigenvalue weighted by atomic mass is 10.1. The molecule has 34 heavy (non-hydrogen) atoms. The van der Waals surface area contributed by atoms with Crippen LogP contribution in [0.4, 0.5) is 5.82 Å². The minimum atomic E-state index is -3.55. The lowest BCUT2D eigenvalue weighted by molar-refractivity contribution is 0.0899. The molecule has 2 aromatic heterocycles. The lowest BCUT2D eigenvalue weighted by Crippen LogP contribution is -2.50. The summed E-state index contributed by atoms with van der Waals surface area (Å²) >= 11 is 1.16. The first-order chi connectivity index (χ1) is 16.2. The fourth-order valence-corrected chi connectivity index (χ4v) is 6.48. The fraction of sp³-hybridized carbons (Fsp3) is 0.318. The first-order valence-electron chi connectivity index (χ1n) is 10.6. The maximum atomic E-state index is 13.1. The second kappa shape index (κ2) is 9.66. The first kappa shape index (κ1) is 24.1. The number of ketones is 1. The van der Waals surface area contributed by atoms with Gasteiger partial charge in [0.1, 0.15) is 15.6 Å². The van der Waals surface area contributed by atoms with Crippen molar-refractivity contribution in [3.63, 3.8) is 0 Å². The van der Waals surface area contributed by atoms with E-state index in [-0.39, 0.29) is 41.8 Å². The average Bonchev–Trinajstić information content (AvgIpc) is 3.38. The van der Waals surface area contributed by atoms with E-state index in [2.05, 4.69) is 0 Å². The van der Waals surface area contributed by atoms with Crippen LogP contribution in [0.2, 0.25) is 0 Å². The molecule has 1 aliphatic rings. The summed E-state index contributed by atoms with van der Waals surface area (Å²) in [5.74, 6) is -0.671. The molecule has 0 amide bonds. The Hall–Kier alpha value is -3.06. The predicted octanol–water partition coefficient (Wildman–Crippen LogP) is 0.428. The number of hydrogen-bond donors (Lipinski definition) is 1. The summed E-state index contributed by atoms with van der Waals surface area (Å²) in [6.45, 7) is 1.15. The van der Waals surface area contributed by atoms with Gasteiger partial charge >= 0.3 is 5.69 Å². The second-order valence-electron chi connectivity index (χ2n) is 8.01. The van der Waals surface area contributed by atoms with E-state index >= 15 is 0 Å². The minimum Gasteiger partial charge on any atom is -0.384 e. The Morgan fingerprint density at radius 2 is 1.71 bits per heavy atom. The Morgan fingerprint density at radius 3 is 2.32 bits per heavy atom. The Kier molecular flexibility index (Phi) is 6.84. The normalized spacial score (nSPS) is 15.4. The molecule has 12 heteroatoms. The lowest BCUT2D eigenvalue weighted by Gasteiger charge is -2.33. The SMILES string of the molecule is Cn1c(=O)c(C(=O)CN2CCN(S(=O)(=O)c3cccs3)CC2)c(N)n(Cc2ccccc2)c1=O. The Morgan fingerprint density at radius 1 is 1.03 bits per heavy atom. The van der Waals surface area contributed by atoms with E-state index in [1.807, 2.05) is 30.3 Å². The van der Waals surface area contributed by atoms with Crippen molar-refractivity contribution in [3.05, 3.63) is 79.8 Å². The minimum absolute atomic E-state index is 0.101. The van der Waals surface area contributed by atoms with Gasteiger partial charge in [-0.25, -0.2) is 13.2 Å². The molecular formula is C22H25N5O5S2. The van der Waals surface area contributed by atoms with Crippen LogP contribution in [0.15, 0.2) is 61.6 Å². The van der Waals surface area contributed by atoms with Crippen LogP contribution < -0.4 is 17.0 Å². The van der Waals surface area contributed by atoms with Crippen molar-refractivity contribution in [2.45, 2.75) is 10.8 Å². The van der Waals surface area contributed by atoms with Crippen molar-refractivity contribution < 1.29 is 13.2 Å². The highest BCUT2D eigenvalue weighted by Gasteiger charge is 2.31. The van der Waals surface area contributed by atoms with E-state index in [0.29, 0.717) is 13.1 Å². The third kappa shape index (κ3) is 4.62. The van der Waals surface area contributed by atoms with Crippen LogP contribution in [0.25, 0.3) is 0 Å². The Bertz CT molecular complexity index is 1400. The van der Waals surface area contributed by atoms with Gasteiger partial charge < -0.3 is 5.73 Å². The molecule has 1 aliphatic heterocycles. The smallest absolute Gasteiger partial charge is 0.332 e. The van der Waals surface area contributed by atoms with Crippen LogP contribution >= 0.6 is 11.3 Å². The zero-order chi connectivity index (χ0) is 24.5. The van der Waals surface area contributed by atoms with Crippen molar-refractivity contribution in [1.29, 1.82) is 0 Å². The molecule has 0 saturated carbocycles. The van der Waals surface area contributed by atoms with Gasteiger partial charge in [-0.15, -0.1) is 11.3 Å². The molecule has 4 rings (SSSR count). The van der Waals surface area contributed by atoms with Crippen molar-refractivity contribution in [3.8, 4) is 0 Å². The van der Waals surface area contributed by atoms with Crippen LogP contribution in [-0.2, 0) is 23.6 Å². The average molecular weight is 504 g/mol. The van der Waals surface area contributed by atoms with Crippen molar-refractivity contribution >= 4 is 33.0 Å². The molecule has 0 atom stereocenters. The summed E-state index contributed by atoms with van der Waals surface area (Å²) in [7, 11) is -2.24. The van der Waals surface area contributed by atoms with Crippen LogP contribution in [0.3, 0.4) is 0 Å². The van der Waals surface area contributed by atoms with E-state index in [1.165, 1.54) is 15.9 Å². The molecule has 0 unspecified atom stereocenters. The number of nitrogen functional groups attached to an aromatic ring is 1. The third-order valence-corrected chi connectivity index (χ3v) is 9.11. The number of benzene rings is 1. The van der Waals surface area contributed by atoms with Gasteiger partial charge in [-0.05, 0) is 17.0 Å². The summed E-state index contributed by atoms with van der Waals surface area (Å²) in [4.78, 5) is 40.3. The monoisotopic (exact) mass is 503 g/mol. The molecule has 10 nitrogen and oxygen atoms in total. The van der Waals surface area contributed by atoms with Gasteiger partial charge in [0.05, 0.1) is 13.1 Å². The molecule has 2 N–H and O–H groups in total. The maximum Gasteiger partial charge on any atom is 0.332 e. The zero-order valence-electron chi connectivity index (χ0n) is 18.6. The molecule has 3 aromatic rings. The Labute approximate surface area is 200 Å². The Balaban J connectivity index is 1.51. The molecule has 1 aromatic carbocycles. The molecule has 0 spiro atoms. The molecule has 180 valence electrons. The summed E-state index contributed by atoms with van der Waals surface area (Å²) < 4.78 is 29.2. The van der Waals surface area contributed by atoms with E-state index in [4.69, 9.17) is 5.73 Å². The number of thiophene rings is 1. The molecule has 0 bridgehead atoms. The maximum absolute atomic E-state index is 13.1. The molecule has 0 radical (unpaired) electrons. The summed E-state index contributed by atoms with van der Waals surface area (Å²) in [5.41, 5.74) is 5.40. The van der Waals surface area contributed by atoms with Crippen LogP contribution in [0.1, 0.15) is 15.9 Å². The van der Waals surface area contributed by atoms with Gasteiger partial charge in [0.2, 0.25) is 0 Å². The molecular weight excluding hydrogens is 478 g/mol. The van der Waals surface area contributed by atoms with E-state index < -0.39 is 27.1 Å². The van der Waals surface area contributed by atoms with Crippen LogP contribution in [0, 0.1) is 0 Å². The predicted molar refractivity (Wildman–Crippen MR) is 130 cm³/mol. The number of sulfonamides is 1.